The second kappa shape index (κ2) is 8.14. The van der Waals surface area contributed by atoms with E-state index in [9.17, 15) is 22.6 Å². The maximum atomic E-state index is 12.4. The lowest BCUT2D eigenvalue weighted by molar-refractivity contribution is -0.130. The van der Waals surface area contributed by atoms with Crippen molar-refractivity contribution >= 4 is 29.9 Å². The second-order valence-electron chi connectivity index (χ2n) is 5.55. The van der Waals surface area contributed by atoms with Gasteiger partial charge in [0.15, 0.2) is 0 Å². The van der Waals surface area contributed by atoms with Crippen LogP contribution in [0.4, 0.5) is 4.79 Å². The lowest BCUT2D eigenvalue weighted by atomic mass is 10.1. The highest BCUT2D eigenvalue weighted by atomic mass is 32.2. The molecule has 0 unspecified atom stereocenters. The van der Waals surface area contributed by atoms with E-state index < -0.39 is 35.9 Å². The van der Waals surface area contributed by atoms with Crippen molar-refractivity contribution in [3.63, 3.8) is 0 Å². The number of rotatable bonds is 6. The minimum atomic E-state index is -4.88. The summed E-state index contributed by atoms with van der Waals surface area (Å²) in [5.41, 5.74) is 6.11. The van der Waals surface area contributed by atoms with Crippen LogP contribution in [0.2, 0.25) is 0 Å². The van der Waals surface area contributed by atoms with Crippen LogP contribution < -0.4 is 15.3 Å². The lowest BCUT2D eigenvalue weighted by Gasteiger charge is -2.35. The highest BCUT2D eigenvalue weighted by molar-refractivity contribution is 7.90. The number of hydrogen-bond acceptors (Lipinski definition) is 6. The van der Waals surface area contributed by atoms with Gasteiger partial charge in [-0.2, -0.15) is 8.42 Å². The van der Waals surface area contributed by atoms with Gasteiger partial charge in [0, 0.05) is 6.54 Å². The average Bonchev–Trinajstić information content (AvgIpc) is 2.53. The van der Waals surface area contributed by atoms with Gasteiger partial charge in [0.05, 0.1) is 0 Å². The molecule has 2 atom stereocenters. The predicted octanol–water partition coefficient (Wildman–Crippen LogP) is 0.363. The van der Waals surface area contributed by atoms with Crippen LogP contribution in [0, 0.1) is 0 Å². The number of alkyl carbamates (subject to hydrolysis) is 1. The summed E-state index contributed by atoms with van der Waals surface area (Å²) in [6.07, 6.45) is -0.311. The summed E-state index contributed by atoms with van der Waals surface area (Å²) in [6.45, 7) is -0.0939. The van der Waals surface area contributed by atoms with Gasteiger partial charge < -0.3 is 10.1 Å². The highest BCUT2D eigenvalue weighted by Crippen LogP contribution is 2.40. The third kappa shape index (κ3) is 5.78. The molecular formula is C13H19N4O7PS. The standard InChI is InChI=1S/C13H19N4O7PS/c14-25(20,16-26(21,22)23)17-8-4-7-11(12(17)18)15-13(19)24-9-10-5-2-1-3-6-10/h1-3,5-6,11H,4,7-9H2,(H,15,19)(H3,14,16,20)(H,21,22,23)/t11-,25-/m1/s1. The maximum absolute atomic E-state index is 12.4. The van der Waals surface area contributed by atoms with Crippen molar-refractivity contribution in [1.82, 2.24) is 14.5 Å². The lowest BCUT2D eigenvalue weighted by Crippen LogP contribution is -2.53. The van der Waals surface area contributed by atoms with Crippen molar-refractivity contribution in [2.24, 2.45) is 5.50 Å². The number of ether oxygens (including phenoxy) is 1. The first kappa shape index (κ1) is 20.3. The Bertz CT molecular complexity index is 817. The molecule has 0 radical (unpaired) electrons. The maximum Gasteiger partial charge on any atom is 0.408 e. The molecule has 11 nitrogen and oxygen atoms in total. The van der Waals surface area contributed by atoms with Crippen molar-refractivity contribution in [3.8, 4) is 0 Å². The van der Waals surface area contributed by atoms with Crippen LogP contribution in [0.25, 0.3) is 0 Å². The van der Waals surface area contributed by atoms with E-state index in [1.165, 1.54) is 4.49 Å². The van der Waals surface area contributed by atoms with Gasteiger partial charge in [-0.3, -0.25) is 24.1 Å². The molecule has 0 spiro atoms. The van der Waals surface area contributed by atoms with E-state index >= 15 is 0 Å². The predicted molar refractivity (Wildman–Crippen MR) is 91.0 cm³/mol. The van der Waals surface area contributed by atoms with Crippen LogP contribution in [0.15, 0.2) is 30.3 Å². The Morgan fingerprint density at radius 3 is 2.65 bits per heavy atom. The molecule has 26 heavy (non-hydrogen) atoms. The molecule has 1 aromatic carbocycles. The Hall–Kier alpha value is -1.98. The van der Waals surface area contributed by atoms with E-state index in [4.69, 9.17) is 14.8 Å². The van der Waals surface area contributed by atoms with Crippen LogP contribution in [-0.2, 0) is 31.0 Å². The monoisotopic (exact) mass is 406 g/mol. The molecule has 0 bridgehead atoms. The Balaban J connectivity index is 1.96. The van der Waals surface area contributed by atoms with E-state index in [1.54, 1.807) is 24.3 Å². The Morgan fingerprint density at radius 2 is 2.04 bits per heavy atom. The number of amides is 2. The molecule has 2 amide bonds. The molecule has 1 aliphatic heterocycles. The molecular weight excluding hydrogens is 387 g/mol. The highest BCUT2D eigenvalue weighted by Gasteiger charge is 2.40. The molecule has 1 saturated heterocycles. The number of carbonyl (C=O) groups is 2. The number of piperidine rings is 1. The minimum absolute atomic E-state index is 0.00298. The Morgan fingerprint density at radius 1 is 1.38 bits per heavy atom. The van der Waals surface area contributed by atoms with Gasteiger partial charge >= 0.3 is 24.0 Å². The zero-order chi connectivity index (χ0) is 19.4. The number of nitrogens with one attached hydrogen (secondary N) is 2. The van der Waals surface area contributed by atoms with Gasteiger partial charge in [-0.15, -0.1) is 4.49 Å². The summed E-state index contributed by atoms with van der Waals surface area (Å²) in [5.74, 6) is -0.838. The third-order valence-electron chi connectivity index (χ3n) is 3.52. The topological polar surface area (TPSA) is 168 Å². The molecule has 5 N–H and O–H groups in total. The fourth-order valence-corrected chi connectivity index (χ4v) is 5.00. The smallest absolute Gasteiger partial charge is 0.408 e. The first-order valence-corrected chi connectivity index (χ1v) is 10.7. The van der Waals surface area contributed by atoms with E-state index in [2.05, 4.69) is 5.32 Å². The molecule has 1 heterocycles. The van der Waals surface area contributed by atoms with Gasteiger partial charge in [0.2, 0.25) is 0 Å². The molecule has 1 aliphatic rings. The fraction of sp³-hybridized carbons (Fsp3) is 0.385. The largest absolute Gasteiger partial charge is 0.445 e. The van der Waals surface area contributed by atoms with Crippen LogP contribution in [0.3, 0.4) is 0 Å². The summed E-state index contributed by atoms with van der Waals surface area (Å²) in [7, 11) is -9.26. The summed E-state index contributed by atoms with van der Waals surface area (Å²) >= 11 is 0. The molecule has 1 fully saturated rings. The van der Waals surface area contributed by atoms with Gasteiger partial charge in [0.25, 0.3) is 5.91 Å². The van der Waals surface area contributed by atoms with Gasteiger partial charge in [0.1, 0.15) is 12.6 Å². The SMILES string of the molecule is N[P@@](=O)(NS(=O)(=O)O)N1CCC[C@@H](NC(=O)OCc2ccccc2)C1=O. The molecule has 144 valence electrons. The van der Waals surface area contributed by atoms with Crippen LogP contribution in [0.5, 0.6) is 0 Å². The zero-order valence-electron chi connectivity index (χ0n) is 13.6. The van der Waals surface area contributed by atoms with Gasteiger partial charge in [-0.1, -0.05) is 30.3 Å². The molecule has 1 aromatic rings. The Kier molecular flexibility index (Phi) is 6.37. The minimum Gasteiger partial charge on any atom is -0.445 e. The van der Waals surface area contributed by atoms with Crippen LogP contribution in [-0.4, -0.2) is 42.2 Å². The quantitative estimate of drug-likeness (QED) is 0.388. The van der Waals surface area contributed by atoms with Crippen molar-refractivity contribution in [1.29, 1.82) is 0 Å². The molecule has 0 saturated carbocycles. The second-order valence-corrected chi connectivity index (χ2v) is 8.96. The number of hydrogen-bond donors (Lipinski definition) is 4. The molecule has 13 heteroatoms. The fourth-order valence-electron chi connectivity index (χ4n) is 2.41. The van der Waals surface area contributed by atoms with E-state index in [1.807, 2.05) is 6.07 Å². The van der Waals surface area contributed by atoms with Crippen LogP contribution >= 0.6 is 7.59 Å². The van der Waals surface area contributed by atoms with Crippen molar-refractivity contribution in [3.05, 3.63) is 35.9 Å². The third-order valence-corrected chi connectivity index (χ3v) is 6.61. The van der Waals surface area contributed by atoms with Gasteiger partial charge in [-0.25, -0.2) is 4.79 Å². The van der Waals surface area contributed by atoms with Gasteiger partial charge in [-0.05, 0) is 18.4 Å². The summed E-state index contributed by atoms with van der Waals surface area (Å²) < 4.78 is 49.6. The summed E-state index contributed by atoms with van der Waals surface area (Å²) in [6, 6.07) is 7.80. The number of nitrogens with two attached hydrogens (primary N) is 1. The number of carbonyl (C=O) groups excluding carboxylic acids is 2. The van der Waals surface area contributed by atoms with Crippen molar-refractivity contribution in [2.45, 2.75) is 25.5 Å². The van der Waals surface area contributed by atoms with Crippen molar-refractivity contribution < 1.29 is 31.9 Å². The summed E-state index contributed by atoms with van der Waals surface area (Å²) in [4.78, 5) is 24.2. The molecule has 0 aliphatic carbocycles. The molecule has 2 rings (SSSR count). The van der Waals surface area contributed by atoms with E-state index in [-0.39, 0.29) is 19.6 Å². The van der Waals surface area contributed by atoms with E-state index in [0.717, 1.165) is 5.56 Å². The number of nitrogens with zero attached hydrogens (tertiary/aromatic N) is 1. The molecule has 0 aromatic heterocycles. The van der Waals surface area contributed by atoms with E-state index in [0.29, 0.717) is 11.1 Å². The number of benzene rings is 1. The normalized spacial score (nSPS) is 20.3. The van der Waals surface area contributed by atoms with Crippen LogP contribution in [0.1, 0.15) is 18.4 Å². The average molecular weight is 406 g/mol. The zero-order valence-corrected chi connectivity index (χ0v) is 15.3. The van der Waals surface area contributed by atoms with Crippen molar-refractivity contribution in [2.75, 3.05) is 6.54 Å². The Labute approximate surface area is 150 Å². The first-order valence-electron chi connectivity index (χ1n) is 7.53. The first-order chi connectivity index (χ1) is 12.1. The summed E-state index contributed by atoms with van der Waals surface area (Å²) in [5, 5.41) is 2.34.